The fourth-order valence-electron chi connectivity index (χ4n) is 0.823. The van der Waals surface area contributed by atoms with Gasteiger partial charge in [-0.2, -0.15) is 5.10 Å². The van der Waals surface area contributed by atoms with E-state index in [2.05, 4.69) is 25.2 Å². The smallest absolute Gasteiger partial charge is 0.243 e. The van der Waals surface area contributed by atoms with Crippen molar-refractivity contribution in [1.82, 2.24) is 15.2 Å². The SMILES string of the molecule is CCC(=NOC)c1cnnc(Cl)n1. The molecule has 5 nitrogen and oxygen atoms in total. The molecule has 1 heterocycles. The summed E-state index contributed by atoms with van der Waals surface area (Å²) < 4.78 is 0. The van der Waals surface area contributed by atoms with Crippen molar-refractivity contribution in [3.63, 3.8) is 0 Å². The number of hydrogen-bond donors (Lipinski definition) is 0. The summed E-state index contributed by atoms with van der Waals surface area (Å²) in [7, 11) is 1.48. The quantitative estimate of drug-likeness (QED) is 0.545. The Hall–Kier alpha value is -1.23. The lowest BCUT2D eigenvalue weighted by molar-refractivity contribution is 0.213. The lowest BCUT2D eigenvalue weighted by Crippen LogP contribution is -2.05. The van der Waals surface area contributed by atoms with E-state index >= 15 is 0 Å². The van der Waals surface area contributed by atoms with Crippen molar-refractivity contribution < 1.29 is 4.84 Å². The highest BCUT2D eigenvalue weighted by Gasteiger charge is 2.05. The Morgan fingerprint density at radius 2 is 2.46 bits per heavy atom. The van der Waals surface area contributed by atoms with E-state index in [1.165, 1.54) is 13.3 Å². The molecule has 0 aliphatic carbocycles. The Morgan fingerprint density at radius 1 is 1.69 bits per heavy atom. The second-order valence-electron chi connectivity index (χ2n) is 2.18. The summed E-state index contributed by atoms with van der Waals surface area (Å²) in [6.45, 7) is 1.94. The first-order chi connectivity index (χ1) is 6.27. The van der Waals surface area contributed by atoms with Crippen LogP contribution < -0.4 is 0 Å². The molecule has 1 rings (SSSR count). The van der Waals surface area contributed by atoms with E-state index in [9.17, 15) is 0 Å². The van der Waals surface area contributed by atoms with E-state index in [1.807, 2.05) is 6.92 Å². The average Bonchev–Trinajstić information content (AvgIpc) is 2.14. The molecule has 0 aromatic carbocycles. The predicted octanol–water partition coefficient (Wildman–Crippen LogP) is 1.29. The Bertz CT molecular complexity index is 315. The fraction of sp³-hybridized carbons (Fsp3) is 0.429. The minimum Gasteiger partial charge on any atom is -0.399 e. The number of rotatable bonds is 3. The second kappa shape index (κ2) is 4.71. The molecule has 0 atom stereocenters. The lowest BCUT2D eigenvalue weighted by Gasteiger charge is -1.99. The van der Waals surface area contributed by atoms with Crippen LogP contribution in [0.15, 0.2) is 11.4 Å². The van der Waals surface area contributed by atoms with Gasteiger partial charge in [0.25, 0.3) is 0 Å². The summed E-state index contributed by atoms with van der Waals surface area (Å²) in [5.41, 5.74) is 1.28. The zero-order chi connectivity index (χ0) is 9.68. The molecule has 13 heavy (non-hydrogen) atoms. The summed E-state index contributed by atoms with van der Waals surface area (Å²) in [4.78, 5) is 8.59. The van der Waals surface area contributed by atoms with E-state index in [1.54, 1.807) is 0 Å². The van der Waals surface area contributed by atoms with Crippen LogP contribution in [0.25, 0.3) is 0 Å². The van der Waals surface area contributed by atoms with Crippen molar-refractivity contribution >= 4 is 17.3 Å². The minimum atomic E-state index is 0.106. The number of oxime groups is 1. The second-order valence-corrected chi connectivity index (χ2v) is 2.52. The van der Waals surface area contributed by atoms with Gasteiger partial charge in [-0.25, -0.2) is 4.98 Å². The molecule has 0 radical (unpaired) electrons. The third kappa shape index (κ3) is 2.62. The number of halogens is 1. The van der Waals surface area contributed by atoms with E-state index < -0.39 is 0 Å². The van der Waals surface area contributed by atoms with Gasteiger partial charge in [-0.3, -0.25) is 0 Å². The van der Waals surface area contributed by atoms with Crippen LogP contribution in [0.1, 0.15) is 19.0 Å². The van der Waals surface area contributed by atoms with Crippen LogP contribution in [0.3, 0.4) is 0 Å². The van der Waals surface area contributed by atoms with Crippen LogP contribution in [-0.4, -0.2) is 28.0 Å². The molecule has 70 valence electrons. The molecule has 0 N–H and O–H groups in total. The van der Waals surface area contributed by atoms with Crippen molar-refractivity contribution in [1.29, 1.82) is 0 Å². The molecule has 0 unspecified atom stereocenters. The lowest BCUT2D eigenvalue weighted by atomic mass is 10.2. The van der Waals surface area contributed by atoms with E-state index in [0.29, 0.717) is 17.8 Å². The molecule has 0 amide bonds. The summed E-state index contributed by atoms with van der Waals surface area (Å²) >= 11 is 5.57. The van der Waals surface area contributed by atoms with Crippen LogP contribution in [0, 0.1) is 0 Å². The Kier molecular flexibility index (Phi) is 3.57. The number of aromatic nitrogens is 3. The van der Waals surface area contributed by atoms with Crippen LogP contribution in [0.5, 0.6) is 0 Å². The topological polar surface area (TPSA) is 60.3 Å². The molecule has 0 saturated carbocycles. The van der Waals surface area contributed by atoms with Gasteiger partial charge in [-0.1, -0.05) is 12.1 Å². The van der Waals surface area contributed by atoms with Gasteiger partial charge in [0.1, 0.15) is 18.5 Å². The zero-order valence-corrected chi connectivity index (χ0v) is 8.12. The third-order valence-electron chi connectivity index (χ3n) is 1.37. The summed E-state index contributed by atoms with van der Waals surface area (Å²) in [6.07, 6.45) is 2.19. The van der Waals surface area contributed by atoms with Gasteiger partial charge in [-0.05, 0) is 18.0 Å². The first-order valence-corrected chi connectivity index (χ1v) is 4.11. The van der Waals surface area contributed by atoms with Gasteiger partial charge in [0.05, 0.1) is 6.20 Å². The molecule has 0 saturated heterocycles. The van der Waals surface area contributed by atoms with Gasteiger partial charge in [0, 0.05) is 0 Å². The predicted molar refractivity (Wildman–Crippen MR) is 48.7 cm³/mol. The molecule has 1 aromatic rings. The molecular weight excluding hydrogens is 192 g/mol. The molecule has 0 bridgehead atoms. The number of hydrogen-bond acceptors (Lipinski definition) is 5. The normalized spacial score (nSPS) is 11.5. The minimum absolute atomic E-state index is 0.106. The van der Waals surface area contributed by atoms with E-state index in [0.717, 1.165) is 0 Å². The van der Waals surface area contributed by atoms with Crippen LogP contribution in [0.4, 0.5) is 0 Å². The first-order valence-electron chi connectivity index (χ1n) is 3.73. The highest BCUT2D eigenvalue weighted by molar-refractivity contribution is 6.28. The largest absolute Gasteiger partial charge is 0.399 e. The molecule has 0 spiro atoms. The van der Waals surface area contributed by atoms with Crippen molar-refractivity contribution in [2.45, 2.75) is 13.3 Å². The van der Waals surface area contributed by atoms with Gasteiger partial charge >= 0.3 is 0 Å². The van der Waals surface area contributed by atoms with Crippen molar-refractivity contribution in [3.05, 3.63) is 17.2 Å². The highest BCUT2D eigenvalue weighted by atomic mass is 35.5. The molecular formula is C7H9ClN4O. The summed E-state index contributed by atoms with van der Waals surface area (Å²) in [6, 6.07) is 0. The summed E-state index contributed by atoms with van der Waals surface area (Å²) in [5, 5.41) is 11.1. The Morgan fingerprint density at radius 3 is 3.00 bits per heavy atom. The Labute approximate surface area is 80.8 Å². The molecule has 1 aromatic heterocycles. The average molecular weight is 201 g/mol. The van der Waals surface area contributed by atoms with Crippen LogP contribution >= 0.6 is 11.6 Å². The van der Waals surface area contributed by atoms with E-state index in [-0.39, 0.29) is 5.28 Å². The maximum absolute atomic E-state index is 5.57. The first kappa shape index (κ1) is 9.85. The molecule has 0 aliphatic heterocycles. The standard InChI is InChI=1S/C7H9ClN4O/c1-3-5(12-13-2)6-4-9-11-7(8)10-6/h4H,3H2,1-2H3. The van der Waals surface area contributed by atoms with Gasteiger partial charge in [-0.15, -0.1) is 5.10 Å². The highest BCUT2D eigenvalue weighted by Crippen LogP contribution is 2.03. The maximum Gasteiger partial charge on any atom is 0.243 e. The van der Waals surface area contributed by atoms with E-state index in [4.69, 9.17) is 11.6 Å². The Balaban J connectivity index is 2.98. The molecule has 0 fully saturated rings. The van der Waals surface area contributed by atoms with Crippen LogP contribution in [0.2, 0.25) is 5.28 Å². The maximum atomic E-state index is 5.57. The molecule has 0 aliphatic rings. The van der Waals surface area contributed by atoms with Gasteiger partial charge in [0.2, 0.25) is 5.28 Å². The summed E-state index contributed by atoms with van der Waals surface area (Å²) in [5.74, 6) is 0. The fourth-order valence-corrected chi connectivity index (χ4v) is 0.958. The van der Waals surface area contributed by atoms with Gasteiger partial charge in [0.15, 0.2) is 0 Å². The zero-order valence-electron chi connectivity index (χ0n) is 7.36. The number of nitrogens with zero attached hydrogens (tertiary/aromatic N) is 4. The van der Waals surface area contributed by atoms with Crippen molar-refractivity contribution in [3.8, 4) is 0 Å². The monoisotopic (exact) mass is 200 g/mol. The molecule has 6 heteroatoms. The third-order valence-corrected chi connectivity index (χ3v) is 1.53. The van der Waals surface area contributed by atoms with Crippen molar-refractivity contribution in [2.75, 3.05) is 7.11 Å². The van der Waals surface area contributed by atoms with Crippen LogP contribution in [-0.2, 0) is 4.84 Å². The van der Waals surface area contributed by atoms with Crippen molar-refractivity contribution in [2.24, 2.45) is 5.16 Å². The van der Waals surface area contributed by atoms with Gasteiger partial charge < -0.3 is 4.84 Å².